The number of imide groups is 4. The van der Waals surface area contributed by atoms with Crippen LogP contribution in [0.5, 0.6) is 5.75 Å². The number of benzene rings is 2. The number of anilines is 1. The molecule has 2 aromatic rings. The third-order valence-electron chi connectivity index (χ3n) is 9.56. The zero-order valence-corrected chi connectivity index (χ0v) is 34.4. The highest BCUT2D eigenvalue weighted by atomic mass is 127. The minimum Gasteiger partial charge on any atom is -0.508 e. The highest BCUT2D eigenvalue weighted by molar-refractivity contribution is 14.1. The number of carbonyl (C=O) groups excluding carboxylic acids is 7. The van der Waals surface area contributed by atoms with Crippen LogP contribution in [0.15, 0.2) is 48.5 Å². The Kier molecular flexibility index (Phi) is 17.3. The maximum absolute atomic E-state index is 12.4. The van der Waals surface area contributed by atoms with Gasteiger partial charge in [0, 0.05) is 53.4 Å². The average Bonchev–Trinajstić information content (AvgIpc) is 3.70. The number of amides is 7. The van der Waals surface area contributed by atoms with Crippen LogP contribution in [0.1, 0.15) is 79.2 Å². The number of aromatic hydroxyl groups is 1. The number of aliphatic hydroxyl groups is 3. The summed E-state index contributed by atoms with van der Waals surface area (Å²) in [5, 5.41) is 39.6. The Bertz CT molecular complexity index is 1750. The molecule has 4 fully saturated rings. The summed E-state index contributed by atoms with van der Waals surface area (Å²) in [6.45, 7) is 8.55. The number of halogens is 1. The van der Waals surface area contributed by atoms with Crippen molar-refractivity contribution in [1.82, 2.24) is 15.5 Å². The van der Waals surface area contributed by atoms with Crippen molar-refractivity contribution in [3.63, 3.8) is 0 Å². The fourth-order valence-corrected chi connectivity index (χ4v) is 6.29. The molecule has 0 aromatic heterocycles. The summed E-state index contributed by atoms with van der Waals surface area (Å²) in [5.41, 5.74) is -1.32. The smallest absolute Gasteiger partial charge is 0.424 e. The number of aryl methyl sites for hydroxylation is 1. The van der Waals surface area contributed by atoms with Gasteiger partial charge in [0.2, 0.25) is 35.4 Å². The van der Waals surface area contributed by atoms with E-state index < -0.39 is 39.8 Å². The molecule has 2 atom stereocenters. The SMILES string of the molecule is C.CC(C)(C)OC(=O)N1C(=O)CCC2(CNC(=O)C2)C1=O.CC(CO)(CO)CO.Cc1ccc(I)cc1.O=C1CCC2(CC(=O)N(c3ccc(O)cc3)C2)C(=O)N1. The fraction of sp³-hybridized carbons (Fsp3) is 0.525. The van der Waals surface area contributed by atoms with Crippen LogP contribution in [0.4, 0.5) is 10.5 Å². The third kappa shape index (κ3) is 13.0. The summed E-state index contributed by atoms with van der Waals surface area (Å²) in [6.07, 6.45) is 0.167. The van der Waals surface area contributed by atoms with Crippen molar-refractivity contribution in [2.75, 3.05) is 37.8 Å². The molecule has 2 unspecified atom stereocenters. The fourth-order valence-electron chi connectivity index (χ4n) is 5.93. The molecular formula is C40H55IN4O12. The number of aliphatic hydroxyl groups excluding tert-OH is 3. The minimum atomic E-state index is -0.984. The van der Waals surface area contributed by atoms with Crippen LogP contribution in [0.3, 0.4) is 0 Å². The molecule has 314 valence electrons. The minimum absolute atomic E-state index is 0. The molecule has 17 heteroatoms. The molecule has 6 N–H and O–H groups in total. The van der Waals surface area contributed by atoms with Crippen LogP contribution in [-0.2, 0) is 33.5 Å². The summed E-state index contributed by atoms with van der Waals surface area (Å²) in [4.78, 5) is 85.2. The molecule has 4 heterocycles. The molecule has 4 aliphatic rings. The lowest BCUT2D eigenvalue weighted by molar-refractivity contribution is -0.155. The number of piperidine rings is 2. The van der Waals surface area contributed by atoms with E-state index in [4.69, 9.17) is 20.1 Å². The van der Waals surface area contributed by atoms with Crippen LogP contribution in [0, 0.1) is 26.7 Å². The van der Waals surface area contributed by atoms with Crippen LogP contribution >= 0.6 is 22.6 Å². The molecule has 2 spiro atoms. The number of hydrogen-bond acceptors (Lipinski definition) is 12. The second-order valence-corrected chi connectivity index (χ2v) is 16.9. The first-order valence-corrected chi connectivity index (χ1v) is 19.1. The molecule has 0 aliphatic carbocycles. The average molecular weight is 911 g/mol. The summed E-state index contributed by atoms with van der Waals surface area (Å²) in [6, 6.07) is 14.7. The first-order valence-electron chi connectivity index (χ1n) is 18.0. The van der Waals surface area contributed by atoms with Crippen molar-refractivity contribution in [1.29, 1.82) is 0 Å². The van der Waals surface area contributed by atoms with E-state index in [2.05, 4.69) is 64.4 Å². The van der Waals surface area contributed by atoms with Crippen LogP contribution < -0.4 is 15.5 Å². The normalized spacial score (nSPS) is 21.6. The maximum atomic E-state index is 12.4. The van der Waals surface area contributed by atoms with Gasteiger partial charge >= 0.3 is 6.09 Å². The topological polar surface area (TPSA) is 240 Å². The molecule has 0 saturated carbocycles. The van der Waals surface area contributed by atoms with Gasteiger partial charge in [-0.25, -0.2) is 4.79 Å². The summed E-state index contributed by atoms with van der Waals surface area (Å²) >= 11 is 2.30. The van der Waals surface area contributed by atoms with Crippen molar-refractivity contribution >= 4 is 69.8 Å². The molecule has 16 nitrogen and oxygen atoms in total. The van der Waals surface area contributed by atoms with Crippen molar-refractivity contribution in [3.05, 3.63) is 57.7 Å². The number of ether oxygens (including phenoxy) is 1. The summed E-state index contributed by atoms with van der Waals surface area (Å²) < 4.78 is 6.39. The van der Waals surface area contributed by atoms with E-state index >= 15 is 0 Å². The number of rotatable bonds is 4. The van der Waals surface area contributed by atoms with E-state index in [1.165, 1.54) is 26.2 Å². The highest BCUT2D eigenvalue weighted by Gasteiger charge is 2.54. The number of hydrogen-bond donors (Lipinski definition) is 6. The van der Waals surface area contributed by atoms with E-state index in [0.29, 0.717) is 17.0 Å². The van der Waals surface area contributed by atoms with Gasteiger partial charge < -0.3 is 35.4 Å². The highest BCUT2D eigenvalue weighted by Crippen LogP contribution is 2.41. The Morgan fingerprint density at radius 2 is 1.37 bits per heavy atom. The van der Waals surface area contributed by atoms with Gasteiger partial charge in [-0.2, -0.15) is 4.90 Å². The summed E-state index contributed by atoms with van der Waals surface area (Å²) in [7, 11) is 0. The monoisotopic (exact) mass is 910 g/mol. The number of nitrogens with one attached hydrogen (secondary N) is 2. The first kappa shape index (κ1) is 48.7. The lowest BCUT2D eigenvalue weighted by atomic mass is 9.78. The number of phenols is 1. The zero-order chi connectivity index (χ0) is 42.1. The van der Waals surface area contributed by atoms with Gasteiger partial charge in [0.05, 0.1) is 30.7 Å². The van der Waals surface area contributed by atoms with Crippen molar-refractivity contribution < 1.29 is 58.7 Å². The second kappa shape index (κ2) is 20.3. The lowest BCUT2D eigenvalue weighted by Crippen LogP contribution is -2.55. The Labute approximate surface area is 346 Å². The molecule has 0 bridgehead atoms. The Morgan fingerprint density at radius 1 is 0.807 bits per heavy atom. The van der Waals surface area contributed by atoms with Gasteiger partial charge in [0.25, 0.3) is 0 Å². The van der Waals surface area contributed by atoms with Gasteiger partial charge in [-0.15, -0.1) is 0 Å². The molecule has 7 amide bonds. The van der Waals surface area contributed by atoms with Crippen LogP contribution in [-0.4, -0.2) is 105 Å². The zero-order valence-electron chi connectivity index (χ0n) is 32.2. The lowest BCUT2D eigenvalue weighted by Gasteiger charge is -2.36. The number of carbonyl (C=O) groups is 7. The number of nitrogens with zero attached hydrogens (tertiary/aromatic N) is 2. The standard InChI is InChI=1S/C14H14N2O4.C13H18N2O5.C7H7I.C5H12O3.CH4/c17-10-3-1-9(2-4-10)16-8-14(7-12(16)19)6-5-11(18)15-13(14)20;1-12(2,3)20-11(19)15-9(17)4-5-13(10(15)18)6-8(16)14-7-13;1-6-2-4-7(8)5-3-6;1-5(2-6,3-7)4-8;/h1-4,17H,5-8H2,(H,15,18,20);4-7H2,1-3H3,(H,14,16);2-5H,1H3;6-8H,2-4H2,1H3;1H4. The van der Waals surface area contributed by atoms with Crippen LogP contribution in [0.25, 0.3) is 0 Å². The van der Waals surface area contributed by atoms with Gasteiger partial charge in [0.15, 0.2) is 0 Å². The number of likely N-dealkylation sites (tertiary alicyclic amines) is 1. The van der Waals surface area contributed by atoms with Gasteiger partial charge in [-0.1, -0.05) is 32.0 Å². The van der Waals surface area contributed by atoms with E-state index in [1.807, 2.05) is 0 Å². The molecule has 6 rings (SSSR count). The first-order chi connectivity index (χ1) is 26.1. The Morgan fingerprint density at radius 3 is 1.82 bits per heavy atom. The molecule has 57 heavy (non-hydrogen) atoms. The predicted octanol–water partition coefficient (Wildman–Crippen LogP) is 3.33. The molecular weight excluding hydrogens is 855 g/mol. The van der Waals surface area contributed by atoms with Crippen molar-refractivity contribution in [3.8, 4) is 5.75 Å². The second-order valence-electron chi connectivity index (χ2n) is 15.7. The maximum Gasteiger partial charge on any atom is 0.424 e. The summed E-state index contributed by atoms with van der Waals surface area (Å²) in [5.74, 6) is -2.11. The molecule has 2 aromatic carbocycles. The largest absolute Gasteiger partial charge is 0.508 e. The van der Waals surface area contributed by atoms with Gasteiger partial charge in [0.1, 0.15) is 11.4 Å². The number of phenolic OH excluding ortho intramolecular Hbond substituents is 1. The van der Waals surface area contributed by atoms with E-state index in [-0.39, 0.29) is 102 Å². The molecule has 0 radical (unpaired) electrons. The van der Waals surface area contributed by atoms with Crippen molar-refractivity contribution in [2.45, 2.75) is 86.2 Å². The Hall–Kier alpha value is -4.46. The van der Waals surface area contributed by atoms with E-state index in [1.54, 1.807) is 39.8 Å². The Balaban J connectivity index is 0.000000284. The van der Waals surface area contributed by atoms with Crippen LogP contribution in [0.2, 0.25) is 0 Å². The van der Waals surface area contributed by atoms with Gasteiger partial charge in [-0.05, 0) is 99.5 Å². The quantitative estimate of drug-likeness (QED) is 0.191. The van der Waals surface area contributed by atoms with E-state index in [9.17, 15) is 38.7 Å². The van der Waals surface area contributed by atoms with E-state index in [0.717, 1.165) is 0 Å². The molecule has 4 saturated heterocycles. The van der Waals surface area contributed by atoms with Gasteiger partial charge in [-0.3, -0.25) is 34.1 Å². The van der Waals surface area contributed by atoms with Crippen molar-refractivity contribution in [2.24, 2.45) is 16.2 Å². The third-order valence-corrected chi connectivity index (χ3v) is 10.3. The molecule has 4 aliphatic heterocycles. The predicted molar refractivity (Wildman–Crippen MR) is 217 cm³/mol.